The van der Waals surface area contributed by atoms with Crippen LogP contribution in [0.4, 0.5) is 0 Å². The van der Waals surface area contributed by atoms with Gasteiger partial charge in [-0.1, -0.05) is 18.2 Å². The van der Waals surface area contributed by atoms with Crippen LogP contribution in [-0.2, 0) is 4.79 Å². The predicted octanol–water partition coefficient (Wildman–Crippen LogP) is 2.56. The molecule has 0 saturated carbocycles. The van der Waals surface area contributed by atoms with Crippen LogP contribution in [0.2, 0.25) is 0 Å². The summed E-state index contributed by atoms with van der Waals surface area (Å²) in [5.41, 5.74) is 0.654. The van der Waals surface area contributed by atoms with Crippen LogP contribution in [0.3, 0.4) is 0 Å². The third-order valence-corrected chi connectivity index (χ3v) is 3.56. The molecule has 1 heterocycles. The van der Waals surface area contributed by atoms with E-state index in [1.165, 1.54) is 16.2 Å². The van der Waals surface area contributed by atoms with Gasteiger partial charge < -0.3 is 4.90 Å². The van der Waals surface area contributed by atoms with E-state index in [4.69, 9.17) is 0 Å². The number of fused-ring (bicyclic) bond motifs is 1. The fourth-order valence-corrected chi connectivity index (χ4v) is 2.55. The molecule has 0 N–H and O–H groups in total. The second kappa shape index (κ2) is 4.67. The lowest BCUT2D eigenvalue weighted by Gasteiger charge is -2.08. The number of amides is 1. The first-order chi connectivity index (χ1) is 8.09. The summed E-state index contributed by atoms with van der Waals surface area (Å²) in [6.45, 7) is 0. The molecule has 1 aromatic heterocycles. The smallest absolute Gasteiger partial charge is 0.229 e. The zero-order chi connectivity index (χ0) is 12.4. The second-order valence-electron chi connectivity index (χ2n) is 4.03. The zero-order valence-electron chi connectivity index (χ0n) is 9.77. The van der Waals surface area contributed by atoms with E-state index in [0.717, 1.165) is 10.1 Å². The van der Waals surface area contributed by atoms with Crippen molar-refractivity contribution in [2.24, 2.45) is 0 Å². The highest BCUT2D eigenvalue weighted by atomic mass is 32.1. The van der Waals surface area contributed by atoms with Crippen LogP contribution >= 0.6 is 11.3 Å². The Balaban J connectivity index is 2.28. The van der Waals surface area contributed by atoms with Crippen LogP contribution < -0.4 is 0 Å². The molecule has 2 aromatic rings. The van der Waals surface area contributed by atoms with E-state index in [9.17, 15) is 9.59 Å². The van der Waals surface area contributed by atoms with E-state index in [2.05, 4.69) is 0 Å². The second-order valence-corrected chi connectivity index (χ2v) is 4.94. The molecule has 0 aliphatic carbocycles. The predicted molar refractivity (Wildman–Crippen MR) is 69.5 cm³/mol. The number of hydrogen-bond acceptors (Lipinski definition) is 3. The van der Waals surface area contributed by atoms with Gasteiger partial charge in [-0.05, 0) is 6.07 Å². The summed E-state index contributed by atoms with van der Waals surface area (Å²) in [5.74, 6) is -0.272. The first kappa shape index (κ1) is 11.8. The van der Waals surface area contributed by atoms with E-state index in [0.29, 0.717) is 5.56 Å². The van der Waals surface area contributed by atoms with Crippen molar-refractivity contribution < 1.29 is 9.59 Å². The van der Waals surface area contributed by atoms with Crippen molar-refractivity contribution in [1.29, 1.82) is 0 Å². The molecule has 0 radical (unpaired) electrons. The van der Waals surface area contributed by atoms with Gasteiger partial charge >= 0.3 is 0 Å². The number of carbonyl (C=O) groups excluding carboxylic acids is 2. The number of carbonyl (C=O) groups is 2. The molecule has 1 aromatic carbocycles. The molecule has 3 nitrogen and oxygen atoms in total. The Labute approximate surface area is 104 Å². The number of thiophene rings is 1. The minimum absolute atomic E-state index is 0.0618. The average Bonchev–Trinajstić information content (AvgIpc) is 2.72. The zero-order valence-corrected chi connectivity index (χ0v) is 10.6. The third kappa shape index (κ3) is 2.36. The summed E-state index contributed by atoms with van der Waals surface area (Å²) in [5, 5.41) is 2.77. The molecule has 17 heavy (non-hydrogen) atoms. The molecule has 0 bridgehead atoms. The lowest BCUT2D eigenvalue weighted by molar-refractivity contribution is -0.127. The first-order valence-electron chi connectivity index (χ1n) is 5.29. The number of benzene rings is 1. The van der Waals surface area contributed by atoms with Crippen molar-refractivity contribution >= 4 is 33.1 Å². The molecule has 2 rings (SSSR count). The number of ketones is 1. The molecular weight excluding hydrogens is 234 g/mol. The molecule has 0 saturated heterocycles. The van der Waals surface area contributed by atoms with Crippen LogP contribution in [0.5, 0.6) is 0 Å². The summed E-state index contributed by atoms with van der Waals surface area (Å²) in [6, 6.07) is 7.74. The monoisotopic (exact) mass is 247 g/mol. The molecule has 0 unspecified atom stereocenters. The number of rotatable bonds is 3. The van der Waals surface area contributed by atoms with Gasteiger partial charge in [-0.2, -0.15) is 0 Å². The van der Waals surface area contributed by atoms with Gasteiger partial charge in [0.25, 0.3) is 0 Å². The Kier molecular flexibility index (Phi) is 3.24. The summed E-state index contributed by atoms with van der Waals surface area (Å²) >= 11 is 1.53. The maximum Gasteiger partial charge on any atom is 0.229 e. The van der Waals surface area contributed by atoms with E-state index in [1.807, 2.05) is 29.6 Å². The lowest BCUT2D eigenvalue weighted by Crippen LogP contribution is -2.24. The minimum Gasteiger partial charge on any atom is -0.348 e. The van der Waals surface area contributed by atoms with E-state index >= 15 is 0 Å². The van der Waals surface area contributed by atoms with E-state index in [1.54, 1.807) is 14.1 Å². The van der Waals surface area contributed by atoms with Crippen LogP contribution in [0.25, 0.3) is 10.1 Å². The van der Waals surface area contributed by atoms with Gasteiger partial charge in [0, 0.05) is 35.1 Å². The highest BCUT2D eigenvalue weighted by Gasteiger charge is 2.16. The van der Waals surface area contributed by atoms with E-state index in [-0.39, 0.29) is 18.1 Å². The van der Waals surface area contributed by atoms with Crippen LogP contribution in [0, 0.1) is 0 Å². The molecular formula is C13H13NO2S. The summed E-state index contributed by atoms with van der Waals surface area (Å²) < 4.78 is 1.08. The van der Waals surface area contributed by atoms with Gasteiger partial charge in [-0.15, -0.1) is 11.3 Å². The fourth-order valence-electron chi connectivity index (χ4n) is 1.58. The Morgan fingerprint density at radius 3 is 2.65 bits per heavy atom. The normalized spacial score (nSPS) is 10.5. The van der Waals surface area contributed by atoms with Crippen LogP contribution in [0.15, 0.2) is 29.6 Å². The topological polar surface area (TPSA) is 37.4 Å². The number of nitrogens with zero attached hydrogens (tertiary/aromatic N) is 1. The van der Waals surface area contributed by atoms with Gasteiger partial charge in [-0.3, -0.25) is 9.59 Å². The molecule has 0 aliphatic heterocycles. The molecule has 0 spiro atoms. The summed E-state index contributed by atoms with van der Waals surface area (Å²) in [6.07, 6.45) is -0.0618. The van der Waals surface area contributed by atoms with Crippen molar-refractivity contribution in [2.75, 3.05) is 14.1 Å². The Morgan fingerprint density at radius 2 is 1.94 bits per heavy atom. The van der Waals surface area contributed by atoms with Gasteiger partial charge in [-0.25, -0.2) is 0 Å². The Morgan fingerprint density at radius 1 is 1.24 bits per heavy atom. The minimum atomic E-state index is -0.162. The van der Waals surface area contributed by atoms with Gasteiger partial charge in [0.1, 0.15) is 0 Å². The third-order valence-electron chi connectivity index (χ3n) is 2.59. The maximum absolute atomic E-state index is 12.0. The maximum atomic E-state index is 12.0. The molecule has 4 heteroatoms. The van der Waals surface area contributed by atoms with Crippen molar-refractivity contribution in [3.63, 3.8) is 0 Å². The largest absolute Gasteiger partial charge is 0.348 e. The van der Waals surface area contributed by atoms with Crippen LogP contribution in [-0.4, -0.2) is 30.7 Å². The quantitative estimate of drug-likeness (QED) is 0.617. The highest BCUT2D eigenvalue weighted by Crippen LogP contribution is 2.26. The molecule has 0 aliphatic rings. The first-order valence-corrected chi connectivity index (χ1v) is 6.17. The molecule has 1 amide bonds. The summed E-state index contributed by atoms with van der Waals surface area (Å²) in [4.78, 5) is 24.9. The van der Waals surface area contributed by atoms with Crippen LogP contribution in [0.1, 0.15) is 16.8 Å². The summed E-state index contributed by atoms with van der Waals surface area (Å²) in [7, 11) is 3.31. The molecule has 88 valence electrons. The molecule has 0 fully saturated rings. The highest BCUT2D eigenvalue weighted by molar-refractivity contribution is 7.17. The standard InChI is InChI=1S/C13H13NO2S/c1-14(2)13(16)7-11(15)10-8-17-12-6-4-3-5-9(10)12/h3-6,8H,7H2,1-2H3. The average molecular weight is 247 g/mol. The van der Waals surface area contributed by atoms with Crippen molar-refractivity contribution in [3.8, 4) is 0 Å². The Bertz CT molecular complexity index is 572. The number of Topliss-reactive ketones (excluding diaryl/α,β-unsaturated/α-hetero) is 1. The van der Waals surface area contributed by atoms with Gasteiger partial charge in [0.05, 0.1) is 6.42 Å². The van der Waals surface area contributed by atoms with Gasteiger partial charge in [0.2, 0.25) is 5.91 Å². The van der Waals surface area contributed by atoms with Gasteiger partial charge in [0.15, 0.2) is 5.78 Å². The van der Waals surface area contributed by atoms with Crippen molar-refractivity contribution in [2.45, 2.75) is 6.42 Å². The fraction of sp³-hybridized carbons (Fsp3) is 0.231. The lowest BCUT2D eigenvalue weighted by atomic mass is 10.1. The van der Waals surface area contributed by atoms with Crippen molar-refractivity contribution in [3.05, 3.63) is 35.2 Å². The van der Waals surface area contributed by atoms with Crippen molar-refractivity contribution in [1.82, 2.24) is 4.90 Å². The SMILES string of the molecule is CN(C)C(=O)CC(=O)c1csc2ccccc12. The van der Waals surface area contributed by atoms with E-state index < -0.39 is 0 Å². The Hall–Kier alpha value is -1.68. The number of hydrogen-bond donors (Lipinski definition) is 0. The molecule has 0 atom stereocenters.